The zero-order chi connectivity index (χ0) is 11.3. The second-order valence-corrected chi connectivity index (χ2v) is 4.26. The third-order valence-electron chi connectivity index (χ3n) is 1.62. The number of hydrogen-bond donors (Lipinski definition) is 0. The van der Waals surface area contributed by atoms with Crippen LogP contribution in [-0.2, 0) is 10.8 Å². The van der Waals surface area contributed by atoms with E-state index in [0.717, 1.165) is 5.56 Å². The SMILES string of the molecule is O=[S@](C/C=C/c1ccccc1)C(F)(F)F. The number of alkyl halides is 3. The molecule has 0 aliphatic rings. The minimum atomic E-state index is -4.62. The molecule has 1 atom stereocenters. The maximum Gasteiger partial charge on any atom is 0.471 e. The lowest BCUT2D eigenvalue weighted by molar-refractivity contribution is -0.0382. The summed E-state index contributed by atoms with van der Waals surface area (Å²) in [6.07, 6.45) is 2.78. The van der Waals surface area contributed by atoms with Gasteiger partial charge >= 0.3 is 5.51 Å². The standard InChI is InChI=1S/C10H9F3OS/c11-10(12,13)15(14)8-4-7-9-5-2-1-3-6-9/h1-7H,8H2/b7-4+/t15-/m1/s1. The Morgan fingerprint density at radius 3 is 2.33 bits per heavy atom. The Labute approximate surface area is 88.1 Å². The number of hydrogen-bond acceptors (Lipinski definition) is 1. The first-order valence-electron chi connectivity index (χ1n) is 4.17. The average Bonchev–Trinajstić information content (AvgIpc) is 2.18. The van der Waals surface area contributed by atoms with E-state index in [4.69, 9.17) is 0 Å². The predicted molar refractivity (Wildman–Crippen MR) is 54.5 cm³/mol. The van der Waals surface area contributed by atoms with Crippen LogP contribution in [0, 0.1) is 0 Å². The fraction of sp³-hybridized carbons (Fsp3) is 0.200. The highest BCUT2D eigenvalue weighted by Gasteiger charge is 2.35. The Hall–Kier alpha value is -1.10. The number of benzene rings is 1. The van der Waals surface area contributed by atoms with Crippen molar-refractivity contribution in [2.75, 3.05) is 5.75 Å². The molecule has 0 aromatic heterocycles. The topological polar surface area (TPSA) is 17.1 Å². The van der Waals surface area contributed by atoms with Crippen molar-refractivity contribution in [2.45, 2.75) is 5.51 Å². The molecule has 1 rings (SSSR count). The van der Waals surface area contributed by atoms with Gasteiger partial charge in [0, 0.05) is 0 Å². The monoisotopic (exact) mass is 234 g/mol. The molecule has 0 bridgehead atoms. The second kappa shape index (κ2) is 5.11. The molecular formula is C10H9F3OS. The van der Waals surface area contributed by atoms with Gasteiger partial charge in [0.25, 0.3) is 0 Å². The Morgan fingerprint density at radius 1 is 1.20 bits per heavy atom. The smallest absolute Gasteiger partial charge is 0.250 e. The number of rotatable bonds is 3. The molecule has 0 unspecified atom stereocenters. The summed E-state index contributed by atoms with van der Waals surface area (Å²) in [5.74, 6) is -0.502. The van der Waals surface area contributed by atoms with Gasteiger partial charge in [-0.15, -0.1) is 0 Å². The molecule has 0 fully saturated rings. The minimum Gasteiger partial charge on any atom is -0.250 e. The van der Waals surface area contributed by atoms with Gasteiger partial charge in [0.15, 0.2) is 0 Å². The van der Waals surface area contributed by atoms with Crippen molar-refractivity contribution >= 4 is 16.9 Å². The Kier molecular flexibility index (Phi) is 4.08. The van der Waals surface area contributed by atoms with Crippen molar-refractivity contribution in [3.63, 3.8) is 0 Å². The maximum atomic E-state index is 11.8. The van der Waals surface area contributed by atoms with Crippen molar-refractivity contribution in [1.82, 2.24) is 0 Å². The lowest BCUT2D eigenvalue weighted by Gasteiger charge is -2.02. The second-order valence-electron chi connectivity index (χ2n) is 2.77. The molecule has 1 nitrogen and oxygen atoms in total. The van der Waals surface area contributed by atoms with Crippen molar-refractivity contribution < 1.29 is 17.4 Å². The first-order chi connectivity index (χ1) is 7.00. The number of halogens is 3. The summed E-state index contributed by atoms with van der Waals surface area (Å²) in [6.45, 7) is 0. The largest absolute Gasteiger partial charge is 0.471 e. The summed E-state index contributed by atoms with van der Waals surface area (Å²) in [5, 5.41) is 0. The van der Waals surface area contributed by atoms with Crippen LogP contribution in [0.4, 0.5) is 13.2 Å². The van der Waals surface area contributed by atoms with E-state index in [9.17, 15) is 17.4 Å². The molecule has 1 aromatic carbocycles. The van der Waals surface area contributed by atoms with E-state index in [1.165, 1.54) is 12.2 Å². The normalized spacial score (nSPS) is 14.3. The lowest BCUT2D eigenvalue weighted by atomic mass is 10.2. The highest BCUT2D eigenvalue weighted by atomic mass is 32.2. The zero-order valence-electron chi connectivity index (χ0n) is 7.70. The molecule has 0 heterocycles. The molecule has 0 radical (unpaired) electrons. The molecule has 5 heteroatoms. The van der Waals surface area contributed by atoms with Crippen LogP contribution in [0.3, 0.4) is 0 Å². The van der Waals surface area contributed by atoms with Gasteiger partial charge in [-0.1, -0.05) is 42.5 Å². The third kappa shape index (κ3) is 4.29. The molecule has 0 saturated carbocycles. The Bertz CT molecular complexity index is 357. The molecule has 1 aromatic rings. The van der Waals surface area contributed by atoms with Crippen molar-refractivity contribution in [1.29, 1.82) is 0 Å². The molecular weight excluding hydrogens is 225 g/mol. The molecule has 82 valence electrons. The molecule has 0 spiro atoms. The first-order valence-corrected chi connectivity index (χ1v) is 5.49. The Morgan fingerprint density at radius 2 is 1.80 bits per heavy atom. The van der Waals surface area contributed by atoms with Crippen LogP contribution in [0.1, 0.15) is 5.56 Å². The van der Waals surface area contributed by atoms with Crippen molar-refractivity contribution in [2.24, 2.45) is 0 Å². The van der Waals surface area contributed by atoms with Crippen LogP contribution in [0.15, 0.2) is 36.4 Å². The van der Waals surface area contributed by atoms with E-state index in [1.54, 1.807) is 24.3 Å². The quantitative estimate of drug-likeness (QED) is 0.785. The van der Waals surface area contributed by atoms with Gasteiger partial charge < -0.3 is 0 Å². The summed E-state index contributed by atoms with van der Waals surface area (Å²) < 4.78 is 46.1. The van der Waals surface area contributed by atoms with E-state index < -0.39 is 22.1 Å². The summed E-state index contributed by atoms with van der Waals surface area (Å²) in [6, 6.07) is 8.88. The fourth-order valence-corrected chi connectivity index (χ4v) is 1.39. The molecule has 15 heavy (non-hydrogen) atoms. The van der Waals surface area contributed by atoms with E-state index in [-0.39, 0.29) is 0 Å². The van der Waals surface area contributed by atoms with E-state index >= 15 is 0 Å². The Balaban J connectivity index is 2.51. The maximum absolute atomic E-state index is 11.8. The lowest BCUT2D eigenvalue weighted by Crippen LogP contribution is -2.17. The molecule has 0 amide bonds. The van der Waals surface area contributed by atoms with Crippen LogP contribution in [-0.4, -0.2) is 15.5 Å². The summed E-state index contributed by atoms with van der Waals surface area (Å²) in [7, 11) is -2.80. The van der Waals surface area contributed by atoms with Crippen molar-refractivity contribution in [3.05, 3.63) is 42.0 Å². The van der Waals surface area contributed by atoms with Crippen LogP contribution < -0.4 is 0 Å². The van der Waals surface area contributed by atoms with Gasteiger partial charge in [0.2, 0.25) is 0 Å². The van der Waals surface area contributed by atoms with Crippen LogP contribution >= 0.6 is 0 Å². The summed E-state index contributed by atoms with van der Waals surface area (Å²) in [4.78, 5) is 0. The van der Waals surface area contributed by atoms with Gasteiger partial charge in [-0.2, -0.15) is 13.2 Å². The van der Waals surface area contributed by atoms with Crippen molar-refractivity contribution in [3.8, 4) is 0 Å². The highest BCUT2D eigenvalue weighted by molar-refractivity contribution is 7.86. The molecule has 0 aliphatic carbocycles. The van der Waals surface area contributed by atoms with Gasteiger partial charge in [-0.3, -0.25) is 4.21 Å². The van der Waals surface area contributed by atoms with E-state index in [0.29, 0.717) is 0 Å². The van der Waals surface area contributed by atoms with E-state index in [2.05, 4.69) is 0 Å². The zero-order valence-corrected chi connectivity index (χ0v) is 8.52. The fourth-order valence-electron chi connectivity index (χ4n) is 0.930. The molecule has 0 saturated heterocycles. The predicted octanol–water partition coefficient (Wildman–Crippen LogP) is 2.97. The minimum absolute atomic E-state index is 0.502. The van der Waals surface area contributed by atoms with Gasteiger partial charge in [-0.25, -0.2) is 0 Å². The molecule has 0 aliphatic heterocycles. The summed E-state index contributed by atoms with van der Waals surface area (Å²) in [5.41, 5.74) is -3.84. The average molecular weight is 234 g/mol. The van der Waals surface area contributed by atoms with Crippen LogP contribution in [0.5, 0.6) is 0 Å². The van der Waals surface area contributed by atoms with E-state index in [1.807, 2.05) is 6.07 Å². The molecule has 0 N–H and O–H groups in total. The third-order valence-corrected chi connectivity index (χ3v) is 2.63. The summed E-state index contributed by atoms with van der Waals surface area (Å²) >= 11 is 0. The van der Waals surface area contributed by atoms with Gasteiger partial charge in [-0.05, 0) is 5.56 Å². The van der Waals surface area contributed by atoms with Crippen LogP contribution in [0.2, 0.25) is 0 Å². The van der Waals surface area contributed by atoms with Gasteiger partial charge in [0.05, 0.1) is 5.75 Å². The van der Waals surface area contributed by atoms with Crippen LogP contribution in [0.25, 0.3) is 6.08 Å². The van der Waals surface area contributed by atoms with Gasteiger partial charge in [0.1, 0.15) is 10.8 Å². The first kappa shape index (κ1) is 12.0. The highest BCUT2D eigenvalue weighted by Crippen LogP contribution is 2.20.